The minimum atomic E-state index is -0.321. The highest BCUT2D eigenvalue weighted by molar-refractivity contribution is 7.98. The fourth-order valence-electron chi connectivity index (χ4n) is 3.38. The molecule has 0 radical (unpaired) electrons. The lowest BCUT2D eigenvalue weighted by Crippen LogP contribution is -2.27. The molecule has 5 nitrogen and oxygen atoms in total. The molecule has 166 valence electrons. The second-order valence-corrected chi connectivity index (χ2v) is 8.70. The fourth-order valence-corrected chi connectivity index (χ4v) is 4.29. The van der Waals surface area contributed by atoms with Gasteiger partial charge >= 0.3 is 0 Å². The van der Waals surface area contributed by atoms with Gasteiger partial charge in [-0.15, -0.1) is 10.2 Å². The van der Waals surface area contributed by atoms with E-state index < -0.39 is 0 Å². The Labute approximate surface area is 198 Å². The number of rotatable bonds is 8. The smallest absolute Gasteiger partial charge is 0.244 e. The third-order valence-electron chi connectivity index (χ3n) is 5.13. The van der Waals surface area contributed by atoms with Crippen molar-refractivity contribution in [2.75, 3.05) is 0 Å². The van der Waals surface area contributed by atoms with Crippen molar-refractivity contribution in [1.82, 2.24) is 20.1 Å². The molecular weight excluding hydrogens is 428 g/mol. The van der Waals surface area contributed by atoms with Gasteiger partial charge in [-0.05, 0) is 43.2 Å². The van der Waals surface area contributed by atoms with Crippen LogP contribution in [0.3, 0.4) is 0 Å². The van der Waals surface area contributed by atoms with Gasteiger partial charge in [-0.25, -0.2) is 0 Å². The molecule has 0 spiro atoms. The molecular formula is C27H26N4OS. The van der Waals surface area contributed by atoms with Crippen molar-refractivity contribution in [3.05, 3.63) is 114 Å². The van der Waals surface area contributed by atoms with E-state index >= 15 is 0 Å². The van der Waals surface area contributed by atoms with Crippen LogP contribution in [-0.4, -0.2) is 20.7 Å². The molecule has 6 heteroatoms. The molecule has 1 N–H and O–H groups in total. The minimum absolute atomic E-state index is 0.178. The van der Waals surface area contributed by atoms with Gasteiger partial charge in [0.15, 0.2) is 11.0 Å². The van der Waals surface area contributed by atoms with Crippen molar-refractivity contribution in [3.8, 4) is 5.69 Å². The summed E-state index contributed by atoms with van der Waals surface area (Å²) in [6.07, 6.45) is 3.34. The van der Waals surface area contributed by atoms with Crippen LogP contribution in [-0.2, 0) is 10.5 Å². The SMILES string of the molecule is Cc1ccc(-n2c(SCc3ccccc3)nnc2C(C)NC(=O)/C=C/c2ccccc2)cc1. The van der Waals surface area contributed by atoms with Gasteiger partial charge in [0.1, 0.15) is 0 Å². The number of carbonyl (C=O) groups excluding carboxylic acids is 1. The Balaban J connectivity index is 1.56. The van der Waals surface area contributed by atoms with E-state index in [9.17, 15) is 4.79 Å². The Kier molecular flexibility index (Phi) is 7.37. The van der Waals surface area contributed by atoms with Gasteiger partial charge < -0.3 is 5.32 Å². The maximum absolute atomic E-state index is 12.5. The van der Waals surface area contributed by atoms with Crippen LogP contribution < -0.4 is 5.32 Å². The summed E-state index contributed by atoms with van der Waals surface area (Å²) in [7, 11) is 0. The summed E-state index contributed by atoms with van der Waals surface area (Å²) in [5.74, 6) is 1.30. The van der Waals surface area contributed by atoms with Crippen LogP contribution in [0.2, 0.25) is 0 Å². The van der Waals surface area contributed by atoms with Gasteiger partial charge in [0.05, 0.1) is 6.04 Å². The maximum atomic E-state index is 12.5. The first-order valence-corrected chi connectivity index (χ1v) is 11.8. The summed E-state index contributed by atoms with van der Waals surface area (Å²) in [6, 6.07) is 27.9. The number of hydrogen-bond acceptors (Lipinski definition) is 4. The molecule has 3 aromatic carbocycles. The standard InChI is InChI=1S/C27H26N4OS/c1-20-13-16-24(17-14-20)31-26(29-30-27(31)33-19-23-11-7-4-8-12-23)21(2)28-25(32)18-15-22-9-5-3-6-10-22/h3-18,21H,19H2,1-2H3,(H,28,32)/b18-15+. The molecule has 1 heterocycles. The van der Waals surface area contributed by atoms with Crippen molar-refractivity contribution >= 4 is 23.7 Å². The molecule has 0 aliphatic rings. The maximum Gasteiger partial charge on any atom is 0.244 e. The average Bonchev–Trinajstić information content (AvgIpc) is 3.27. The molecule has 0 bridgehead atoms. The predicted octanol–water partition coefficient (Wildman–Crippen LogP) is 5.76. The lowest BCUT2D eigenvalue weighted by molar-refractivity contribution is -0.117. The van der Waals surface area contributed by atoms with E-state index in [0.717, 1.165) is 22.2 Å². The van der Waals surface area contributed by atoms with Gasteiger partial charge in [-0.3, -0.25) is 9.36 Å². The number of benzene rings is 3. The summed E-state index contributed by atoms with van der Waals surface area (Å²) >= 11 is 1.63. The Bertz CT molecular complexity index is 1220. The molecule has 1 atom stereocenters. The molecule has 0 fully saturated rings. The van der Waals surface area contributed by atoms with Gasteiger partial charge in [-0.1, -0.05) is 90.1 Å². The van der Waals surface area contributed by atoms with Crippen LogP contribution in [0.25, 0.3) is 11.8 Å². The summed E-state index contributed by atoms with van der Waals surface area (Å²) < 4.78 is 2.03. The molecule has 1 aromatic heterocycles. The number of aryl methyl sites for hydroxylation is 1. The van der Waals surface area contributed by atoms with E-state index in [1.54, 1.807) is 23.9 Å². The highest BCUT2D eigenvalue weighted by atomic mass is 32.2. The average molecular weight is 455 g/mol. The number of nitrogens with one attached hydrogen (secondary N) is 1. The molecule has 33 heavy (non-hydrogen) atoms. The van der Waals surface area contributed by atoms with Crippen molar-refractivity contribution in [2.24, 2.45) is 0 Å². The first-order chi connectivity index (χ1) is 16.1. The van der Waals surface area contributed by atoms with E-state index in [1.165, 1.54) is 11.1 Å². The number of amides is 1. The molecule has 4 rings (SSSR count). The predicted molar refractivity (Wildman–Crippen MR) is 134 cm³/mol. The minimum Gasteiger partial charge on any atom is -0.343 e. The van der Waals surface area contributed by atoms with Crippen molar-refractivity contribution < 1.29 is 4.79 Å². The van der Waals surface area contributed by atoms with E-state index in [0.29, 0.717) is 5.82 Å². The number of hydrogen-bond donors (Lipinski definition) is 1. The zero-order valence-electron chi connectivity index (χ0n) is 18.7. The summed E-state index contributed by atoms with van der Waals surface area (Å²) in [6.45, 7) is 3.98. The fraction of sp³-hybridized carbons (Fsp3) is 0.148. The number of thioether (sulfide) groups is 1. The van der Waals surface area contributed by atoms with Crippen molar-refractivity contribution in [3.63, 3.8) is 0 Å². The van der Waals surface area contributed by atoms with Gasteiger partial charge in [-0.2, -0.15) is 0 Å². The second-order valence-electron chi connectivity index (χ2n) is 7.76. The van der Waals surface area contributed by atoms with E-state index in [2.05, 4.69) is 58.8 Å². The Morgan fingerprint density at radius 3 is 2.33 bits per heavy atom. The Morgan fingerprint density at radius 2 is 1.64 bits per heavy atom. The monoisotopic (exact) mass is 454 g/mol. The van der Waals surface area contributed by atoms with Crippen molar-refractivity contribution in [1.29, 1.82) is 0 Å². The zero-order chi connectivity index (χ0) is 23.0. The normalized spacial score (nSPS) is 12.1. The zero-order valence-corrected chi connectivity index (χ0v) is 19.5. The second kappa shape index (κ2) is 10.8. The van der Waals surface area contributed by atoms with Crippen LogP contribution in [0.15, 0.2) is 96.2 Å². The summed E-state index contributed by atoms with van der Waals surface area (Å²) in [5.41, 5.74) is 4.34. The first-order valence-electron chi connectivity index (χ1n) is 10.8. The number of nitrogens with zero attached hydrogens (tertiary/aromatic N) is 3. The lowest BCUT2D eigenvalue weighted by atomic mass is 10.2. The molecule has 0 aliphatic carbocycles. The van der Waals surface area contributed by atoms with E-state index in [1.807, 2.05) is 60.0 Å². The first kappa shape index (κ1) is 22.6. The van der Waals surface area contributed by atoms with Crippen LogP contribution in [0.4, 0.5) is 0 Å². The number of carbonyl (C=O) groups is 1. The highest BCUT2D eigenvalue weighted by Crippen LogP contribution is 2.27. The number of aromatic nitrogens is 3. The molecule has 0 saturated heterocycles. The Morgan fingerprint density at radius 1 is 0.970 bits per heavy atom. The summed E-state index contributed by atoms with van der Waals surface area (Å²) in [4.78, 5) is 12.5. The van der Waals surface area contributed by atoms with Gasteiger partial charge in [0.2, 0.25) is 5.91 Å². The molecule has 1 unspecified atom stereocenters. The quantitative estimate of drug-likeness (QED) is 0.272. The molecule has 0 saturated carbocycles. The van der Waals surface area contributed by atoms with Crippen molar-refractivity contribution in [2.45, 2.75) is 30.8 Å². The third-order valence-corrected chi connectivity index (χ3v) is 6.13. The Hall–Kier alpha value is -3.64. The van der Waals surface area contributed by atoms with Gasteiger partial charge in [0.25, 0.3) is 0 Å². The van der Waals surface area contributed by atoms with E-state index in [-0.39, 0.29) is 11.9 Å². The van der Waals surface area contributed by atoms with Crippen LogP contribution in [0.5, 0.6) is 0 Å². The third kappa shape index (κ3) is 5.99. The summed E-state index contributed by atoms with van der Waals surface area (Å²) in [5, 5.41) is 12.7. The van der Waals surface area contributed by atoms with Gasteiger partial charge in [0, 0.05) is 17.5 Å². The molecule has 0 aliphatic heterocycles. The highest BCUT2D eigenvalue weighted by Gasteiger charge is 2.20. The van der Waals surface area contributed by atoms with Crippen LogP contribution in [0.1, 0.15) is 35.5 Å². The lowest BCUT2D eigenvalue weighted by Gasteiger charge is -2.16. The van der Waals surface area contributed by atoms with Crippen LogP contribution >= 0.6 is 11.8 Å². The largest absolute Gasteiger partial charge is 0.343 e. The van der Waals surface area contributed by atoms with E-state index in [4.69, 9.17) is 0 Å². The topological polar surface area (TPSA) is 59.8 Å². The molecule has 4 aromatic rings. The van der Waals surface area contributed by atoms with Crippen LogP contribution in [0, 0.1) is 6.92 Å². The molecule has 1 amide bonds.